The normalized spacial score (nSPS) is 16.1. The Morgan fingerprint density at radius 1 is 1.25 bits per heavy atom. The quantitative estimate of drug-likeness (QED) is 0.770. The highest BCUT2D eigenvalue weighted by Gasteiger charge is 2.22. The first-order chi connectivity index (χ1) is 11.7. The molecule has 0 bridgehead atoms. The van der Waals surface area contributed by atoms with Crippen molar-refractivity contribution in [3.05, 3.63) is 71.1 Å². The molecule has 124 valence electrons. The number of nitrogens with one attached hydrogen (secondary N) is 1. The number of aromatic nitrogens is 4. The Morgan fingerprint density at radius 2 is 2.08 bits per heavy atom. The Labute approximate surface area is 140 Å². The van der Waals surface area contributed by atoms with Crippen molar-refractivity contribution in [2.75, 3.05) is 6.54 Å². The fourth-order valence-corrected chi connectivity index (χ4v) is 3.18. The molecule has 0 saturated heterocycles. The number of H-pyrrole nitrogens is 1. The zero-order chi connectivity index (χ0) is 16.5. The van der Waals surface area contributed by atoms with Gasteiger partial charge in [0.05, 0.1) is 30.0 Å². The van der Waals surface area contributed by atoms with Crippen LogP contribution in [0.15, 0.2) is 42.7 Å². The van der Waals surface area contributed by atoms with Gasteiger partial charge < -0.3 is 10.1 Å². The Hall–Kier alpha value is -2.44. The van der Waals surface area contributed by atoms with E-state index in [9.17, 15) is 5.11 Å². The van der Waals surface area contributed by atoms with E-state index in [0.29, 0.717) is 5.69 Å². The maximum Gasteiger partial charge on any atom is 0.123 e. The summed E-state index contributed by atoms with van der Waals surface area (Å²) in [7, 11) is 0. The lowest BCUT2D eigenvalue weighted by atomic mass is 10.1. The topological polar surface area (TPSA) is 70.0 Å². The van der Waals surface area contributed by atoms with E-state index < -0.39 is 6.10 Å². The largest absolute Gasteiger partial charge is 0.382 e. The van der Waals surface area contributed by atoms with Crippen LogP contribution in [0.5, 0.6) is 0 Å². The molecule has 24 heavy (non-hydrogen) atoms. The Balaban J connectivity index is 1.51. The highest BCUT2D eigenvalue weighted by Crippen LogP contribution is 2.24. The molecular formula is C18H21N5O. The van der Waals surface area contributed by atoms with E-state index in [4.69, 9.17) is 0 Å². The summed E-state index contributed by atoms with van der Waals surface area (Å²) in [6.07, 6.45) is 1.07. The molecule has 2 aromatic heterocycles. The van der Waals surface area contributed by atoms with Crippen LogP contribution in [0.3, 0.4) is 0 Å². The molecule has 0 saturated carbocycles. The standard InChI is InChI=1S/C18H21N5O/c1-13-17(20-12-19-13)11-22-7-8-23-15(10-22)9-16(21-23)18(24)14-5-3-2-4-6-14/h2-6,9,12,18,24H,7-8,10-11H2,1H3,(H,19,20)/t18-/m0/s1. The lowest BCUT2D eigenvalue weighted by Gasteiger charge is -2.26. The van der Waals surface area contributed by atoms with E-state index in [-0.39, 0.29) is 0 Å². The van der Waals surface area contributed by atoms with Crippen LogP contribution in [-0.2, 0) is 19.6 Å². The zero-order valence-corrected chi connectivity index (χ0v) is 13.7. The van der Waals surface area contributed by atoms with Crippen molar-refractivity contribution >= 4 is 0 Å². The molecule has 1 aromatic carbocycles. The summed E-state index contributed by atoms with van der Waals surface area (Å²) < 4.78 is 2.01. The predicted octanol–water partition coefficient (Wildman–Crippen LogP) is 2.01. The van der Waals surface area contributed by atoms with Gasteiger partial charge in [-0.05, 0) is 18.6 Å². The van der Waals surface area contributed by atoms with Crippen LogP contribution in [0.25, 0.3) is 0 Å². The van der Waals surface area contributed by atoms with Crippen molar-refractivity contribution in [1.82, 2.24) is 24.6 Å². The van der Waals surface area contributed by atoms with Crippen LogP contribution in [-0.4, -0.2) is 36.3 Å². The third-order valence-electron chi connectivity index (χ3n) is 4.60. The second kappa shape index (κ2) is 6.22. The van der Waals surface area contributed by atoms with Gasteiger partial charge in [0.15, 0.2) is 0 Å². The Morgan fingerprint density at radius 3 is 2.83 bits per heavy atom. The van der Waals surface area contributed by atoms with Gasteiger partial charge in [-0.15, -0.1) is 0 Å². The number of rotatable bonds is 4. The number of hydrogen-bond donors (Lipinski definition) is 2. The Kier molecular flexibility index (Phi) is 3.92. The number of imidazole rings is 1. The lowest BCUT2D eigenvalue weighted by molar-refractivity contribution is 0.198. The second-order valence-electron chi connectivity index (χ2n) is 6.28. The number of aliphatic hydroxyl groups excluding tert-OH is 1. The third kappa shape index (κ3) is 2.86. The van der Waals surface area contributed by atoms with E-state index in [2.05, 4.69) is 20.0 Å². The maximum atomic E-state index is 10.5. The van der Waals surface area contributed by atoms with Crippen LogP contribution in [0.4, 0.5) is 0 Å². The summed E-state index contributed by atoms with van der Waals surface area (Å²) in [4.78, 5) is 9.87. The predicted molar refractivity (Wildman–Crippen MR) is 90.2 cm³/mol. The van der Waals surface area contributed by atoms with Gasteiger partial charge >= 0.3 is 0 Å². The van der Waals surface area contributed by atoms with E-state index in [1.807, 2.05) is 48.0 Å². The second-order valence-corrected chi connectivity index (χ2v) is 6.28. The molecule has 0 radical (unpaired) electrons. The molecule has 2 N–H and O–H groups in total. The fraction of sp³-hybridized carbons (Fsp3) is 0.333. The number of hydrogen-bond acceptors (Lipinski definition) is 4. The molecule has 6 heteroatoms. The number of aliphatic hydroxyl groups is 1. The molecule has 0 aliphatic carbocycles. The number of aryl methyl sites for hydroxylation is 1. The molecular weight excluding hydrogens is 302 g/mol. The monoisotopic (exact) mass is 323 g/mol. The molecule has 1 atom stereocenters. The molecule has 1 aliphatic heterocycles. The number of aromatic amines is 1. The summed E-state index contributed by atoms with van der Waals surface area (Å²) in [6, 6.07) is 11.7. The van der Waals surface area contributed by atoms with Crippen LogP contribution in [0.2, 0.25) is 0 Å². The van der Waals surface area contributed by atoms with Gasteiger partial charge in [-0.2, -0.15) is 5.10 Å². The summed E-state index contributed by atoms with van der Waals surface area (Å²) in [5.41, 5.74) is 4.94. The van der Waals surface area contributed by atoms with Crippen LogP contribution in [0, 0.1) is 6.92 Å². The minimum atomic E-state index is -0.675. The van der Waals surface area contributed by atoms with Crippen molar-refractivity contribution in [2.24, 2.45) is 0 Å². The van der Waals surface area contributed by atoms with Crippen molar-refractivity contribution in [3.63, 3.8) is 0 Å². The van der Waals surface area contributed by atoms with Crippen molar-refractivity contribution < 1.29 is 5.11 Å². The van der Waals surface area contributed by atoms with Crippen LogP contribution < -0.4 is 0 Å². The molecule has 0 spiro atoms. The minimum absolute atomic E-state index is 0.675. The number of fused-ring (bicyclic) bond motifs is 1. The molecule has 6 nitrogen and oxygen atoms in total. The number of nitrogens with zero attached hydrogens (tertiary/aromatic N) is 4. The molecule has 4 rings (SSSR count). The van der Waals surface area contributed by atoms with Crippen molar-refractivity contribution in [1.29, 1.82) is 0 Å². The molecule has 0 amide bonds. The van der Waals surface area contributed by atoms with Crippen LogP contribution >= 0.6 is 0 Å². The average molecular weight is 323 g/mol. The van der Waals surface area contributed by atoms with Gasteiger partial charge in [0.1, 0.15) is 6.10 Å². The van der Waals surface area contributed by atoms with E-state index in [1.165, 1.54) is 0 Å². The van der Waals surface area contributed by atoms with Crippen molar-refractivity contribution in [2.45, 2.75) is 32.7 Å². The first-order valence-electron chi connectivity index (χ1n) is 8.21. The summed E-state index contributed by atoms with van der Waals surface area (Å²) in [5, 5.41) is 15.1. The van der Waals surface area contributed by atoms with Gasteiger partial charge in [-0.25, -0.2) is 4.98 Å². The summed E-state index contributed by atoms with van der Waals surface area (Å²) in [5.74, 6) is 0. The Bertz CT molecular complexity index is 823. The maximum absolute atomic E-state index is 10.5. The minimum Gasteiger partial charge on any atom is -0.382 e. The highest BCUT2D eigenvalue weighted by molar-refractivity contribution is 5.27. The van der Waals surface area contributed by atoms with Gasteiger partial charge in [-0.1, -0.05) is 30.3 Å². The smallest absolute Gasteiger partial charge is 0.123 e. The molecule has 3 aromatic rings. The van der Waals surface area contributed by atoms with E-state index >= 15 is 0 Å². The molecule has 0 unspecified atom stereocenters. The lowest BCUT2D eigenvalue weighted by Crippen LogP contribution is -2.33. The zero-order valence-electron chi connectivity index (χ0n) is 13.7. The SMILES string of the molecule is Cc1[nH]cnc1CN1CCn2nc([C@@H](O)c3ccccc3)cc2C1. The average Bonchev–Trinajstić information content (AvgIpc) is 3.21. The first-order valence-corrected chi connectivity index (χ1v) is 8.21. The van der Waals surface area contributed by atoms with E-state index in [1.54, 1.807) is 6.33 Å². The third-order valence-corrected chi connectivity index (χ3v) is 4.60. The van der Waals surface area contributed by atoms with Crippen LogP contribution in [0.1, 0.15) is 34.4 Å². The first kappa shape index (κ1) is 15.1. The van der Waals surface area contributed by atoms with Gasteiger partial charge in [0.25, 0.3) is 0 Å². The fourth-order valence-electron chi connectivity index (χ4n) is 3.18. The van der Waals surface area contributed by atoms with Crippen molar-refractivity contribution in [3.8, 4) is 0 Å². The number of benzene rings is 1. The summed E-state index contributed by atoms with van der Waals surface area (Å²) in [6.45, 7) is 5.46. The van der Waals surface area contributed by atoms with Gasteiger partial charge in [0.2, 0.25) is 0 Å². The molecule has 1 aliphatic rings. The van der Waals surface area contributed by atoms with Gasteiger partial charge in [0, 0.05) is 25.3 Å². The summed E-state index contributed by atoms with van der Waals surface area (Å²) >= 11 is 0. The molecule has 0 fully saturated rings. The molecule has 3 heterocycles. The van der Waals surface area contributed by atoms with Gasteiger partial charge in [-0.3, -0.25) is 9.58 Å². The highest BCUT2D eigenvalue weighted by atomic mass is 16.3. The van der Waals surface area contributed by atoms with E-state index in [0.717, 1.165) is 48.8 Å².